The summed E-state index contributed by atoms with van der Waals surface area (Å²) in [5, 5.41) is 14.2. The van der Waals surface area contributed by atoms with Crippen LogP contribution in [0.1, 0.15) is 42.1 Å². The highest BCUT2D eigenvalue weighted by atomic mass is 16.6. The lowest BCUT2D eigenvalue weighted by molar-refractivity contribution is 0.0930. The summed E-state index contributed by atoms with van der Waals surface area (Å²) in [6.07, 6.45) is 6.41. The van der Waals surface area contributed by atoms with Crippen molar-refractivity contribution in [3.8, 4) is 0 Å². The summed E-state index contributed by atoms with van der Waals surface area (Å²) in [5.74, 6) is 0.408. The van der Waals surface area contributed by atoms with E-state index in [0.717, 1.165) is 48.4 Å². The number of rotatable bonds is 6. The van der Waals surface area contributed by atoms with Crippen molar-refractivity contribution in [2.75, 3.05) is 38.1 Å². The van der Waals surface area contributed by atoms with E-state index in [-0.39, 0.29) is 18.0 Å². The number of anilines is 2. The molecule has 2 amide bonds. The van der Waals surface area contributed by atoms with Crippen LogP contribution >= 0.6 is 0 Å². The van der Waals surface area contributed by atoms with Crippen molar-refractivity contribution in [1.82, 2.24) is 30.1 Å². The molecule has 0 saturated carbocycles. The Morgan fingerprint density at radius 2 is 2.08 bits per heavy atom. The van der Waals surface area contributed by atoms with E-state index in [1.165, 1.54) is 0 Å². The summed E-state index contributed by atoms with van der Waals surface area (Å²) in [6.45, 7) is 5.11. The van der Waals surface area contributed by atoms with Gasteiger partial charge in [-0.05, 0) is 74.7 Å². The monoisotopic (exact) mass is 489 g/mol. The maximum Gasteiger partial charge on any atom is 0.410 e. The first-order valence-corrected chi connectivity index (χ1v) is 12.5. The van der Waals surface area contributed by atoms with Gasteiger partial charge >= 0.3 is 6.09 Å². The molecule has 1 atom stereocenters. The molecule has 1 unspecified atom stereocenters. The molecule has 0 radical (unpaired) electrons. The van der Waals surface area contributed by atoms with E-state index in [1.807, 2.05) is 43.5 Å². The topological polar surface area (TPSA) is 113 Å². The lowest BCUT2D eigenvalue weighted by Gasteiger charge is -2.25. The lowest BCUT2D eigenvalue weighted by atomic mass is 10.0. The van der Waals surface area contributed by atoms with Crippen LogP contribution in [0.25, 0.3) is 11.2 Å². The van der Waals surface area contributed by atoms with Crippen molar-refractivity contribution >= 4 is 34.9 Å². The van der Waals surface area contributed by atoms with Crippen molar-refractivity contribution in [2.45, 2.75) is 32.2 Å². The molecular formula is C26H31N7O3. The number of nitrogens with zero attached hydrogens (tertiary/aromatic N) is 4. The van der Waals surface area contributed by atoms with E-state index < -0.39 is 0 Å². The fraction of sp³-hybridized carbons (Fsp3) is 0.385. The molecule has 3 N–H and O–H groups in total. The maximum absolute atomic E-state index is 12.6. The number of pyridine rings is 1. The van der Waals surface area contributed by atoms with Gasteiger partial charge in [0.1, 0.15) is 0 Å². The Morgan fingerprint density at radius 1 is 1.22 bits per heavy atom. The first-order chi connectivity index (χ1) is 17.6. The van der Waals surface area contributed by atoms with E-state index in [1.54, 1.807) is 21.5 Å². The lowest BCUT2D eigenvalue weighted by Crippen LogP contribution is -2.45. The van der Waals surface area contributed by atoms with E-state index in [9.17, 15) is 9.59 Å². The molecule has 1 saturated heterocycles. The van der Waals surface area contributed by atoms with Gasteiger partial charge in [-0.25, -0.2) is 9.31 Å². The number of nitrogens with one attached hydrogen (secondary N) is 3. The third-order valence-electron chi connectivity index (χ3n) is 6.48. The van der Waals surface area contributed by atoms with Gasteiger partial charge in [-0.2, -0.15) is 4.98 Å². The molecule has 3 aromatic rings. The minimum absolute atomic E-state index is 0.0620. The summed E-state index contributed by atoms with van der Waals surface area (Å²) in [5.41, 5.74) is 4.28. The van der Waals surface area contributed by atoms with Gasteiger partial charge in [-0.15, -0.1) is 5.10 Å². The van der Waals surface area contributed by atoms with Crippen molar-refractivity contribution < 1.29 is 14.3 Å². The van der Waals surface area contributed by atoms with Gasteiger partial charge in [0.25, 0.3) is 5.91 Å². The predicted molar refractivity (Wildman–Crippen MR) is 137 cm³/mol. The fourth-order valence-electron chi connectivity index (χ4n) is 4.58. The first kappa shape index (κ1) is 23.8. The molecule has 36 heavy (non-hydrogen) atoms. The van der Waals surface area contributed by atoms with Crippen LogP contribution in [-0.2, 0) is 4.74 Å². The number of amides is 2. The van der Waals surface area contributed by atoms with Crippen LogP contribution in [0.15, 0.2) is 48.7 Å². The van der Waals surface area contributed by atoms with Crippen LogP contribution < -0.4 is 16.0 Å². The summed E-state index contributed by atoms with van der Waals surface area (Å²) in [4.78, 5) is 31.0. The van der Waals surface area contributed by atoms with E-state index >= 15 is 0 Å². The number of benzene rings is 1. The predicted octanol–water partition coefficient (Wildman–Crippen LogP) is 3.20. The van der Waals surface area contributed by atoms with Gasteiger partial charge < -0.3 is 25.6 Å². The number of fused-ring (bicyclic) bond motifs is 1. The highest BCUT2D eigenvalue weighted by molar-refractivity contribution is 5.94. The standard InChI is InChI=1S/C26H31N7O3/c1-2-36-26(35)32-15-11-18(12-16-32)22-6-4-14-33-23(22)30-25(31-33)29-20-9-7-19(8-10-20)24(34)28-21-5-3-13-27-17-21/h4,6-11,14,21,27H,2-3,5,12-13,15-17H2,1H3,(H,28,34)(H,29,31). The summed E-state index contributed by atoms with van der Waals surface area (Å²) in [7, 11) is 0. The van der Waals surface area contributed by atoms with Crippen molar-refractivity contribution in [1.29, 1.82) is 0 Å². The molecule has 10 heteroatoms. The number of hydrogen-bond donors (Lipinski definition) is 3. The molecule has 10 nitrogen and oxygen atoms in total. The van der Waals surface area contributed by atoms with Crippen molar-refractivity contribution in [3.05, 3.63) is 59.8 Å². The van der Waals surface area contributed by atoms with Gasteiger partial charge in [-0.1, -0.05) is 6.08 Å². The molecule has 0 aliphatic carbocycles. The molecule has 1 aromatic carbocycles. The number of carbonyl (C=O) groups is 2. The van der Waals surface area contributed by atoms with Crippen LogP contribution in [0.3, 0.4) is 0 Å². The zero-order valence-electron chi connectivity index (χ0n) is 20.4. The van der Waals surface area contributed by atoms with Crippen molar-refractivity contribution in [3.63, 3.8) is 0 Å². The summed E-state index contributed by atoms with van der Waals surface area (Å²) >= 11 is 0. The van der Waals surface area contributed by atoms with Crippen LogP contribution in [-0.4, -0.2) is 70.3 Å². The molecule has 0 spiro atoms. The number of aromatic nitrogens is 3. The number of carbonyl (C=O) groups excluding carboxylic acids is 2. The van der Waals surface area contributed by atoms with Crippen LogP contribution in [0.5, 0.6) is 0 Å². The first-order valence-electron chi connectivity index (χ1n) is 12.5. The van der Waals surface area contributed by atoms with Crippen LogP contribution in [0.2, 0.25) is 0 Å². The normalized spacial score (nSPS) is 18.0. The van der Waals surface area contributed by atoms with E-state index in [4.69, 9.17) is 9.72 Å². The Labute approximate surface area is 209 Å². The van der Waals surface area contributed by atoms with Gasteiger partial charge in [0.2, 0.25) is 5.95 Å². The van der Waals surface area contributed by atoms with Gasteiger partial charge in [-0.3, -0.25) is 4.79 Å². The number of ether oxygens (including phenoxy) is 1. The van der Waals surface area contributed by atoms with E-state index in [2.05, 4.69) is 21.0 Å². The second-order valence-corrected chi connectivity index (χ2v) is 8.97. The second kappa shape index (κ2) is 10.8. The molecule has 188 valence electrons. The molecular weight excluding hydrogens is 458 g/mol. The minimum atomic E-state index is -0.283. The van der Waals surface area contributed by atoms with Crippen molar-refractivity contribution in [2.24, 2.45) is 0 Å². The minimum Gasteiger partial charge on any atom is -0.450 e. The second-order valence-electron chi connectivity index (χ2n) is 8.97. The SMILES string of the molecule is CCOC(=O)N1CC=C(c2cccn3nc(Nc4ccc(C(=O)NC5CCCNC5)cc4)nc23)CC1. The Hall–Kier alpha value is -3.92. The summed E-state index contributed by atoms with van der Waals surface area (Å²) in [6, 6.07) is 11.5. The summed E-state index contributed by atoms with van der Waals surface area (Å²) < 4.78 is 6.85. The average Bonchev–Trinajstić information content (AvgIpc) is 3.32. The molecule has 2 aliphatic rings. The smallest absolute Gasteiger partial charge is 0.410 e. The maximum atomic E-state index is 12.6. The third kappa shape index (κ3) is 5.33. The average molecular weight is 490 g/mol. The largest absolute Gasteiger partial charge is 0.450 e. The highest BCUT2D eigenvalue weighted by Crippen LogP contribution is 2.26. The van der Waals surface area contributed by atoms with Gasteiger partial charge in [0, 0.05) is 48.7 Å². The molecule has 5 rings (SSSR count). The zero-order valence-corrected chi connectivity index (χ0v) is 20.4. The molecule has 2 aromatic heterocycles. The molecule has 1 fully saturated rings. The van der Waals surface area contributed by atoms with Gasteiger partial charge in [0.15, 0.2) is 5.65 Å². The Balaban J connectivity index is 1.26. The molecule has 0 bridgehead atoms. The Morgan fingerprint density at radius 3 is 2.81 bits per heavy atom. The third-order valence-corrected chi connectivity index (χ3v) is 6.48. The zero-order chi connectivity index (χ0) is 24.9. The Bertz CT molecular complexity index is 1260. The highest BCUT2D eigenvalue weighted by Gasteiger charge is 2.21. The van der Waals surface area contributed by atoms with Crippen LogP contribution in [0.4, 0.5) is 16.4 Å². The van der Waals surface area contributed by atoms with Crippen LogP contribution in [0, 0.1) is 0 Å². The van der Waals surface area contributed by atoms with E-state index in [0.29, 0.717) is 37.6 Å². The van der Waals surface area contributed by atoms with Gasteiger partial charge in [0.05, 0.1) is 6.61 Å². The Kier molecular flexibility index (Phi) is 7.13. The quantitative estimate of drug-likeness (QED) is 0.487. The fourth-order valence-corrected chi connectivity index (χ4v) is 4.58. The molecule has 2 aliphatic heterocycles. The number of hydrogen-bond acceptors (Lipinski definition) is 7. The number of piperidine rings is 1. The molecule has 4 heterocycles.